The topological polar surface area (TPSA) is 298 Å². The van der Waals surface area contributed by atoms with Gasteiger partial charge in [0.25, 0.3) is 0 Å². The second kappa shape index (κ2) is 26.9. The molecule has 8 amide bonds. The van der Waals surface area contributed by atoms with Crippen molar-refractivity contribution in [2.45, 2.75) is 77.9 Å². The molecule has 0 aliphatic rings. The number of carbonyl (C=O) groups excluding carboxylic acids is 8. The molecule has 0 saturated carbocycles. The Labute approximate surface area is 409 Å². The number of nitrogens with one attached hydrogen (secondary N) is 6. The van der Waals surface area contributed by atoms with Gasteiger partial charge in [-0.15, -0.1) is 0 Å². The number of benzene rings is 3. The number of aliphatic hydroxyl groups excluding tert-OH is 1. The summed E-state index contributed by atoms with van der Waals surface area (Å²) in [5.41, 5.74) is 12.2. The van der Waals surface area contributed by atoms with Crippen LogP contribution in [-0.2, 0) is 51.5 Å². The van der Waals surface area contributed by atoms with Crippen molar-refractivity contribution in [1.82, 2.24) is 41.4 Å². The lowest BCUT2D eigenvalue weighted by Gasteiger charge is -2.41. The van der Waals surface area contributed by atoms with E-state index < -0.39 is 108 Å². The maximum Gasteiger partial charge on any atom is 0.408 e. The van der Waals surface area contributed by atoms with Gasteiger partial charge in [-0.3, -0.25) is 33.6 Å². The smallest absolute Gasteiger partial charge is 0.408 e. The van der Waals surface area contributed by atoms with Crippen LogP contribution in [0.1, 0.15) is 63.4 Å². The summed E-state index contributed by atoms with van der Waals surface area (Å²) >= 11 is 0. The first-order valence-corrected chi connectivity index (χ1v) is 22.7. The van der Waals surface area contributed by atoms with Gasteiger partial charge in [0.1, 0.15) is 43.0 Å². The van der Waals surface area contributed by atoms with Gasteiger partial charge in [0.2, 0.25) is 41.4 Å². The number of rotatable bonds is 25. The van der Waals surface area contributed by atoms with Gasteiger partial charge in [-0.05, 0) is 54.2 Å². The van der Waals surface area contributed by atoms with E-state index >= 15 is 4.39 Å². The number of nitrogens with two attached hydrogens (primary N) is 2. The predicted molar refractivity (Wildman–Crippen MR) is 256 cm³/mol. The van der Waals surface area contributed by atoms with Crippen LogP contribution in [0, 0.1) is 17.0 Å². The zero-order chi connectivity index (χ0) is 52.3. The van der Waals surface area contributed by atoms with Crippen molar-refractivity contribution in [2.75, 3.05) is 39.3 Å². The second-order valence-electron chi connectivity index (χ2n) is 17.5. The monoisotopic (exact) mass is 988 g/mol. The van der Waals surface area contributed by atoms with Crippen LogP contribution in [0.25, 0.3) is 11.1 Å². The molecule has 0 aliphatic carbocycles. The summed E-state index contributed by atoms with van der Waals surface area (Å²) in [5.74, 6) is -7.35. The summed E-state index contributed by atoms with van der Waals surface area (Å²) < 4.78 is 36.7. The van der Waals surface area contributed by atoms with Gasteiger partial charge in [-0.1, -0.05) is 81.4 Å². The molecule has 0 spiro atoms. The van der Waals surface area contributed by atoms with E-state index in [4.69, 9.17) is 16.2 Å². The average molecular weight is 989 g/mol. The lowest BCUT2D eigenvalue weighted by molar-refractivity contribution is -0.140. The summed E-state index contributed by atoms with van der Waals surface area (Å²) in [6.45, 7) is 4.38. The molecule has 11 N–H and O–H groups in total. The molecule has 0 unspecified atom stereocenters. The molecule has 4 aromatic rings. The van der Waals surface area contributed by atoms with Gasteiger partial charge in [0, 0.05) is 49.2 Å². The van der Waals surface area contributed by atoms with Crippen molar-refractivity contribution in [2.24, 2.45) is 16.9 Å². The van der Waals surface area contributed by atoms with Gasteiger partial charge in [0.15, 0.2) is 0 Å². The highest BCUT2D eigenvalue weighted by Crippen LogP contribution is 2.41. The predicted octanol–water partition coefficient (Wildman–Crippen LogP) is 1.25. The van der Waals surface area contributed by atoms with Crippen molar-refractivity contribution in [3.8, 4) is 11.1 Å². The molecule has 0 fully saturated rings. The first kappa shape index (κ1) is 55.9. The highest BCUT2D eigenvalue weighted by Gasteiger charge is 2.38. The van der Waals surface area contributed by atoms with Crippen molar-refractivity contribution in [1.29, 1.82) is 0 Å². The van der Waals surface area contributed by atoms with Crippen molar-refractivity contribution < 1.29 is 57.0 Å². The van der Waals surface area contributed by atoms with Crippen LogP contribution < -0.4 is 43.4 Å². The van der Waals surface area contributed by atoms with E-state index in [2.05, 4.69) is 31.9 Å². The van der Waals surface area contributed by atoms with E-state index in [-0.39, 0.29) is 56.9 Å². The average Bonchev–Trinajstić information content (AvgIpc) is 3.74. The molecule has 3 aromatic carbocycles. The largest absolute Gasteiger partial charge is 0.445 e. The molecular formula is C49H62F2N10O10. The Morgan fingerprint density at radius 2 is 1.42 bits per heavy atom. The second-order valence-corrected chi connectivity index (χ2v) is 17.5. The van der Waals surface area contributed by atoms with E-state index in [1.54, 1.807) is 47.2 Å². The third-order valence-corrected chi connectivity index (χ3v) is 10.9. The number of halogens is 2. The van der Waals surface area contributed by atoms with Crippen molar-refractivity contribution in [3.05, 3.63) is 120 Å². The number of ether oxygens (including phenoxy) is 1. The number of carbonyl (C=O) groups is 8. The van der Waals surface area contributed by atoms with Gasteiger partial charge in [-0.25, -0.2) is 13.6 Å². The minimum Gasteiger partial charge on any atom is -0.445 e. The number of alkyl carbamates (subject to hydrolysis) is 1. The molecule has 71 heavy (non-hydrogen) atoms. The van der Waals surface area contributed by atoms with Gasteiger partial charge in [-0.2, -0.15) is 0 Å². The van der Waals surface area contributed by atoms with Crippen LogP contribution in [-0.4, -0.2) is 119 Å². The molecule has 1 aromatic heterocycles. The zero-order valence-corrected chi connectivity index (χ0v) is 40.0. The maximum absolute atomic E-state index is 15.3. The lowest BCUT2D eigenvalue weighted by Crippen LogP contribution is -2.57. The Hall–Kier alpha value is -7.72. The summed E-state index contributed by atoms with van der Waals surface area (Å²) in [5, 5.41) is 24.9. The molecule has 0 aliphatic heterocycles. The number of nitrogens with zero attached hydrogens (tertiary/aromatic N) is 2. The number of amides is 8. The van der Waals surface area contributed by atoms with Crippen LogP contribution in [0.2, 0.25) is 0 Å². The summed E-state index contributed by atoms with van der Waals surface area (Å²) in [6.07, 6.45) is -0.382. The molecule has 22 heteroatoms. The summed E-state index contributed by atoms with van der Waals surface area (Å²) in [6, 6.07) is 17.3. The molecule has 0 saturated heterocycles. The Bertz CT molecular complexity index is 2490. The Morgan fingerprint density at radius 1 is 0.775 bits per heavy atom. The van der Waals surface area contributed by atoms with E-state index in [1.165, 1.54) is 11.8 Å². The van der Waals surface area contributed by atoms with E-state index in [9.17, 15) is 47.9 Å². The van der Waals surface area contributed by atoms with Crippen LogP contribution in [0.3, 0.4) is 0 Å². The Balaban J connectivity index is 1.59. The third kappa shape index (κ3) is 17.6. The Kier molecular flexibility index (Phi) is 21.2. The SMILES string of the molecule is C[C@H](NC(=O)OCc1ccccc1)C(=O)NCC(=O)N[C@@H](CC(N)=O)C(=O)N[C@@H](CCN(C(=O)CO)[C@@H](c1cc(-c2cc(F)ccc2F)cn1Cc1ccccc1)C(C)(C)C)C(=O)NCCNC(=O)CN. The number of primary amides is 1. The molecule has 0 radical (unpaired) electrons. The third-order valence-electron chi connectivity index (χ3n) is 10.9. The maximum atomic E-state index is 15.3. The van der Waals surface area contributed by atoms with Crippen molar-refractivity contribution >= 4 is 47.4 Å². The molecule has 1 heterocycles. The highest BCUT2D eigenvalue weighted by molar-refractivity contribution is 5.96. The lowest BCUT2D eigenvalue weighted by atomic mass is 9.82. The van der Waals surface area contributed by atoms with Crippen LogP contribution in [0.5, 0.6) is 0 Å². The van der Waals surface area contributed by atoms with E-state index in [0.717, 1.165) is 23.8 Å². The van der Waals surface area contributed by atoms with Crippen LogP contribution in [0.4, 0.5) is 13.6 Å². The fraction of sp³-hybridized carbons (Fsp3) is 0.388. The van der Waals surface area contributed by atoms with Crippen molar-refractivity contribution in [3.63, 3.8) is 0 Å². The Morgan fingerprint density at radius 3 is 2.04 bits per heavy atom. The highest BCUT2D eigenvalue weighted by atomic mass is 19.1. The molecule has 20 nitrogen and oxygen atoms in total. The molecule has 4 rings (SSSR count). The molecule has 4 atom stereocenters. The minimum atomic E-state index is -1.69. The standard InChI is InChI=1S/C49H62F2N10O10/c1-30(57-48(70)71-29-32-13-9-6-10-14-32)45(67)56-25-42(65)58-38(23-40(53)63)47(69)59-37(46(68)55-19-18-54-41(64)24-52)17-20-61(43(66)28-62)44(49(2,3)4)39-21-33(35-22-34(50)15-16-36(35)51)27-60(39)26-31-11-7-5-8-12-31/h5-16,21-22,27,30,37-38,44,62H,17-20,23-26,28-29,52H2,1-4H3,(H2,53,63)(H,54,64)(H,55,68)(H,56,67)(H,57,70)(H,58,65)(H,59,69)/t30-,37-,38-,44-/m0/s1. The first-order valence-electron chi connectivity index (χ1n) is 22.7. The number of hydrogen-bond acceptors (Lipinski definition) is 11. The number of aromatic nitrogens is 1. The normalized spacial score (nSPS) is 12.8. The minimum absolute atomic E-state index is 0.0452. The van der Waals surface area contributed by atoms with E-state index in [0.29, 0.717) is 11.3 Å². The van der Waals surface area contributed by atoms with Gasteiger partial charge < -0.3 is 62.7 Å². The fourth-order valence-electron chi connectivity index (χ4n) is 7.48. The quantitative estimate of drug-likeness (QED) is 0.0426. The fourth-order valence-corrected chi connectivity index (χ4v) is 7.48. The van der Waals surface area contributed by atoms with Crippen LogP contribution in [0.15, 0.2) is 91.1 Å². The number of hydrogen-bond donors (Lipinski definition) is 9. The van der Waals surface area contributed by atoms with Gasteiger partial charge in [0.05, 0.1) is 25.6 Å². The van der Waals surface area contributed by atoms with Crippen LogP contribution >= 0.6 is 0 Å². The molecule has 0 bridgehead atoms. The number of aliphatic hydroxyl groups is 1. The summed E-state index contributed by atoms with van der Waals surface area (Å²) in [4.78, 5) is 105. The first-order chi connectivity index (χ1) is 33.7. The molecular weight excluding hydrogens is 927 g/mol. The van der Waals surface area contributed by atoms with Gasteiger partial charge >= 0.3 is 6.09 Å². The van der Waals surface area contributed by atoms with E-state index in [1.807, 2.05) is 51.1 Å². The molecule has 382 valence electrons. The summed E-state index contributed by atoms with van der Waals surface area (Å²) in [7, 11) is 0. The zero-order valence-electron chi connectivity index (χ0n) is 40.0.